The molecule has 0 spiro atoms. The van der Waals surface area contributed by atoms with Gasteiger partial charge in [-0.1, -0.05) is 25.3 Å². The van der Waals surface area contributed by atoms with Gasteiger partial charge >= 0.3 is 6.03 Å². The van der Waals surface area contributed by atoms with Gasteiger partial charge in [-0.3, -0.25) is 15.1 Å². The minimum absolute atomic E-state index is 0.0400. The predicted molar refractivity (Wildman–Crippen MR) is 113 cm³/mol. The smallest absolute Gasteiger partial charge is 0.319 e. The molecule has 2 aromatic heterocycles. The van der Waals surface area contributed by atoms with Crippen LogP contribution in [-0.2, 0) is 6.61 Å². The molecule has 30 heavy (non-hydrogen) atoms. The van der Waals surface area contributed by atoms with Crippen molar-refractivity contribution in [2.45, 2.75) is 51.2 Å². The Morgan fingerprint density at radius 3 is 2.90 bits per heavy atom. The van der Waals surface area contributed by atoms with E-state index in [0.29, 0.717) is 13.0 Å². The summed E-state index contributed by atoms with van der Waals surface area (Å²) in [5, 5.41) is 15.8. The minimum atomic E-state index is -0.734. The highest BCUT2D eigenvalue weighted by molar-refractivity contribution is 7.11. The number of hydrogen-bond donors (Lipinski definition) is 4. The van der Waals surface area contributed by atoms with Crippen LogP contribution in [0.2, 0.25) is 0 Å². The number of aromatic nitrogens is 2. The van der Waals surface area contributed by atoms with E-state index in [1.54, 1.807) is 18.5 Å². The highest BCUT2D eigenvalue weighted by Crippen LogP contribution is 2.31. The molecular weight excluding hydrogens is 406 g/mol. The third kappa shape index (κ3) is 6.14. The summed E-state index contributed by atoms with van der Waals surface area (Å²) >= 11 is 0.929. The second kappa shape index (κ2) is 10.9. The lowest BCUT2D eigenvalue weighted by atomic mass is 9.94. The highest BCUT2D eigenvalue weighted by Gasteiger charge is 2.23. The van der Waals surface area contributed by atoms with Crippen LogP contribution in [0.1, 0.15) is 54.4 Å². The number of rotatable bonds is 8. The number of pyridine rings is 1. The third-order valence-corrected chi connectivity index (χ3v) is 5.90. The number of carbonyl (C=O) groups excluding carboxylic acids is 2. The Morgan fingerprint density at radius 1 is 1.30 bits per heavy atom. The van der Waals surface area contributed by atoms with Gasteiger partial charge in [0, 0.05) is 24.5 Å². The summed E-state index contributed by atoms with van der Waals surface area (Å²) < 4.78 is 9.69. The van der Waals surface area contributed by atoms with Gasteiger partial charge in [-0.25, -0.2) is 4.79 Å². The number of carbonyl (C=O) groups is 2. The number of urea groups is 1. The Hall–Kier alpha value is -2.72. The maximum Gasteiger partial charge on any atom is 0.319 e. The zero-order valence-corrected chi connectivity index (χ0v) is 17.5. The Morgan fingerprint density at radius 2 is 2.13 bits per heavy atom. The molecule has 5 N–H and O–H groups in total. The molecule has 0 unspecified atom stereocenters. The molecule has 9 nitrogen and oxygen atoms in total. The van der Waals surface area contributed by atoms with Gasteiger partial charge in [0.2, 0.25) is 5.88 Å². The van der Waals surface area contributed by atoms with Crippen LogP contribution >= 0.6 is 11.5 Å². The molecule has 1 aliphatic carbocycles. The molecule has 1 fully saturated rings. The molecule has 3 rings (SSSR count). The minimum Gasteiger partial charge on any atom is -0.472 e. The topological polar surface area (TPSA) is 139 Å². The molecule has 3 amide bonds. The molecule has 2 heterocycles. The van der Waals surface area contributed by atoms with Crippen LogP contribution in [0.15, 0.2) is 24.5 Å². The second-order valence-corrected chi connectivity index (χ2v) is 8.11. The van der Waals surface area contributed by atoms with Gasteiger partial charge in [-0.2, -0.15) is 4.37 Å². The van der Waals surface area contributed by atoms with Crippen LogP contribution in [0.3, 0.4) is 0 Å². The number of aliphatic hydroxyl groups excluding tert-OH is 1. The number of nitrogens with zero attached hydrogens (tertiary/aromatic N) is 2. The average molecular weight is 434 g/mol. The van der Waals surface area contributed by atoms with Crippen molar-refractivity contribution in [3.05, 3.63) is 35.7 Å². The van der Waals surface area contributed by atoms with Crippen molar-refractivity contribution >= 4 is 28.5 Å². The number of nitrogens with one attached hydrogen (secondary N) is 2. The summed E-state index contributed by atoms with van der Waals surface area (Å²) in [6.45, 7) is 0.607. The van der Waals surface area contributed by atoms with Crippen LogP contribution in [0.25, 0.3) is 0 Å². The first-order chi connectivity index (χ1) is 14.5. The Kier molecular flexibility index (Phi) is 7.97. The van der Waals surface area contributed by atoms with Gasteiger partial charge in [0.25, 0.3) is 5.91 Å². The van der Waals surface area contributed by atoms with Crippen molar-refractivity contribution < 1.29 is 19.4 Å². The first kappa shape index (κ1) is 22.0. The molecule has 0 radical (unpaired) electrons. The first-order valence-corrected chi connectivity index (χ1v) is 10.9. The Balaban J connectivity index is 1.53. The molecule has 10 heteroatoms. The fraction of sp³-hybridized carbons (Fsp3) is 0.500. The molecule has 2 atom stereocenters. The van der Waals surface area contributed by atoms with Gasteiger partial charge in [0.05, 0.1) is 6.10 Å². The number of primary amides is 1. The summed E-state index contributed by atoms with van der Waals surface area (Å²) in [6, 6.07) is 3.16. The van der Waals surface area contributed by atoms with Gasteiger partial charge in [0.1, 0.15) is 17.2 Å². The van der Waals surface area contributed by atoms with Crippen LogP contribution in [0.4, 0.5) is 9.80 Å². The van der Waals surface area contributed by atoms with Crippen molar-refractivity contribution in [3.8, 4) is 5.88 Å². The monoisotopic (exact) mass is 433 g/mol. The lowest BCUT2D eigenvalue weighted by molar-refractivity contribution is 0.0960. The number of aliphatic hydroxyl groups is 1. The van der Waals surface area contributed by atoms with Gasteiger partial charge in [0.15, 0.2) is 0 Å². The first-order valence-electron chi connectivity index (χ1n) is 10.1. The SMILES string of the molecule is NC(=O)c1c(OCc2cccnc2)nsc1NC(=O)NCC[C@H]1CCCCC[C@H]1O. The van der Waals surface area contributed by atoms with Crippen LogP contribution < -0.4 is 21.1 Å². The van der Waals surface area contributed by atoms with Crippen molar-refractivity contribution in [2.75, 3.05) is 11.9 Å². The lowest BCUT2D eigenvalue weighted by Crippen LogP contribution is -2.32. The molecule has 0 aromatic carbocycles. The van der Waals surface area contributed by atoms with E-state index in [2.05, 4.69) is 20.0 Å². The predicted octanol–water partition coefficient (Wildman–Crippen LogP) is 2.67. The second-order valence-electron chi connectivity index (χ2n) is 7.34. The Labute approximate surface area is 179 Å². The van der Waals surface area contributed by atoms with E-state index >= 15 is 0 Å². The zero-order valence-electron chi connectivity index (χ0n) is 16.7. The number of ether oxygens (including phenoxy) is 1. The number of anilines is 1. The van der Waals surface area contributed by atoms with E-state index in [-0.39, 0.29) is 35.1 Å². The maximum atomic E-state index is 12.3. The summed E-state index contributed by atoms with van der Waals surface area (Å²) in [7, 11) is 0. The molecule has 1 aliphatic rings. The standard InChI is InChI=1S/C20H27N5O4S/c21-17(27)16-18(29-12-13-5-4-9-22-11-13)25-30-19(16)24-20(28)23-10-8-14-6-2-1-3-7-15(14)26/h4-5,9,11,14-15,26H,1-3,6-8,10,12H2,(H2,21,27)(H2,23,24,28)/t14-,15-/m1/s1. The van der Waals surface area contributed by atoms with Gasteiger partial charge < -0.3 is 20.9 Å². The average Bonchev–Trinajstić information content (AvgIpc) is 3.02. The largest absolute Gasteiger partial charge is 0.472 e. The van der Waals surface area contributed by atoms with E-state index in [1.807, 2.05) is 6.07 Å². The highest BCUT2D eigenvalue weighted by atomic mass is 32.1. The number of hydrogen-bond acceptors (Lipinski definition) is 7. The zero-order chi connectivity index (χ0) is 21.3. The maximum absolute atomic E-state index is 12.3. The lowest BCUT2D eigenvalue weighted by Gasteiger charge is -2.20. The normalized spacial score (nSPS) is 19.0. The van der Waals surface area contributed by atoms with Crippen LogP contribution in [0, 0.1) is 5.92 Å². The molecule has 0 aliphatic heterocycles. The molecule has 2 aromatic rings. The van der Waals surface area contributed by atoms with Crippen LogP contribution in [-0.4, -0.2) is 39.1 Å². The fourth-order valence-corrected chi connectivity index (χ4v) is 4.27. The molecule has 0 bridgehead atoms. The molecule has 1 saturated carbocycles. The van der Waals surface area contributed by atoms with Crippen molar-refractivity contribution in [2.24, 2.45) is 11.7 Å². The van der Waals surface area contributed by atoms with E-state index in [9.17, 15) is 14.7 Å². The van der Waals surface area contributed by atoms with Crippen molar-refractivity contribution in [1.82, 2.24) is 14.7 Å². The number of amides is 3. The van der Waals surface area contributed by atoms with Crippen molar-refractivity contribution in [1.29, 1.82) is 0 Å². The molecular formula is C20H27N5O4S. The molecule has 0 saturated heterocycles. The number of nitrogens with two attached hydrogens (primary N) is 1. The summed E-state index contributed by atoms with van der Waals surface area (Å²) in [4.78, 5) is 28.1. The summed E-state index contributed by atoms with van der Waals surface area (Å²) in [6.07, 6.45) is 8.81. The summed E-state index contributed by atoms with van der Waals surface area (Å²) in [5.41, 5.74) is 6.32. The fourth-order valence-electron chi connectivity index (χ4n) is 3.53. The van der Waals surface area contributed by atoms with E-state index in [1.165, 1.54) is 0 Å². The van der Waals surface area contributed by atoms with Gasteiger partial charge in [-0.05, 0) is 42.8 Å². The van der Waals surface area contributed by atoms with Crippen LogP contribution in [0.5, 0.6) is 5.88 Å². The third-order valence-electron chi connectivity index (χ3n) is 5.15. The van der Waals surface area contributed by atoms with Gasteiger partial charge in [-0.15, -0.1) is 0 Å². The van der Waals surface area contributed by atoms with E-state index in [4.69, 9.17) is 10.5 Å². The quantitative estimate of drug-likeness (QED) is 0.472. The van der Waals surface area contributed by atoms with E-state index < -0.39 is 11.9 Å². The van der Waals surface area contributed by atoms with Crippen molar-refractivity contribution in [3.63, 3.8) is 0 Å². The van der Waals surface area contributed by atoms with E-state index in [0.717, 1.165) is 49.2 Å². The summed E-state index contributed by atoms with van der Waals surface area (Å²) in [5.74, 6) is -0.458. The Bertz CT molecular complexity index is 845. The molecule has 162 valence electrons.